The highest BCUT2D eigenvalue weighted by Gasteiger charge is 2.49. The fourth-order valence-corrected chi connectivity index (χ4v) is 3.29. The molecule has 6 nitrogen and oxygen atoms in total. The Hall–Kier alpha value is -1.97. The van der Waals surface area contributed by atoms with Gasteiger partial charge >= 0.3 is 21.6 Å². The maximum absolute atomic E-state index is 12.8. The van der Waals surface area contributed by atoms with Crippen LogP contribution in [-0.2, 0) is 16.6 Å². The maximum Gasteiger partial charge on any atom is 0.516 e. The summed E-state index contributed by atoms with van der Waals surface area (Å²) in [5.74, 6) is 0. The number of nitrogens with one attached hydrogen (secondary N) is 1. The first kappa shape index (κ1) is 19.4. The van der Waals surface area contributed by atoms with Crippen LogP contribution in [0, 0.1) is 0 Å². The molecule has 1 aromatic rings. The van der Waals surface area contributed by atoms with Gasteiger partial charge < -0.3 is 10.2 Å². The largest absolute Gasteiger partial charge is 0.516 e. The van der Waals surface area contributed by atoms with Crippen LogP contribution in [0.2, 0.25) is 0 Å². The first-order valence-corrected chi connectivity index (χ1v) is 8.99. The van der Waals surface area contributed by atoms with Crippen molar-refractivity contribution in [2.75, 3.05) is 17.9 Å². The molecule has 1 aromatic carbocycles. The molecule has 1 fully saturated rings. The third-order valence-corrected chi connectivity index (χ3v) is 5.59. The van der Waals surface area contributed by atoms with E-state index in [1.54, 1.807) is 6.07 Å². The third kappa shape index (κ3) is 4.00. The van der Waals surface area contributed by atoms with Gasteiger partial charge in [0.05, 0.1) is 5.69 Å². The highest BCUT2D eigenvalue weighted by atomic mass is 32.2. The predicted octanol–water partition coefficient (Wildman–Crippen LogP) is 2.67. The van der Waals surface area contributed by atoms with E-state index in [0.29, 0.717) is 18.5 Å². The number of benzene rings is 1. The summed E-state index contributed by atoms with van der Waals surface area (Å²) in [5, 5.41) is 2.80. The molecule has 0 atom stereocenters. The van der Waals surface area contributed by atoms with Crippen molar-refractivity contribution in [3.8, 4) is 0 Å². The zero-order valence-electron chi connectivity index (χ0n) is 14.1. The fraction of sp³-hybridized carbons (Fsp3) is 0.533. The van der Waals surface area contributed by atoms with E-state index >= 15 is 0 Å². The monoisotopic (exact) mass is 379 g/mol. The zero-order valence-corrected chi connectivity index (χ0v) is 14.9. The van der Waals surface area contributed by atoms with Gasteiger partial charge in [-0.1, -0.05) is 18.2 Å². The Morgan fingerprint density at radius 1 is 1.28 bits per heavy atom. The lowest BCUT2D eigenvalue weighted by Crippen LogP contribution is -2.56. The number of para-hydroxylation sites is 1. The number of urea groups is 1. The summed E-state index contributed by atoms with van der Waals surface area (Å²) in [6.07, 6.45) is 0.664. The van der Waals surface area contributed by atoms with Crippen LogP contribution in [-0.4, -0.2) is 44.0 Å². The Kier molecular flexibility index (Phi) is 4.95. The summed E-state index contributed by atoms with van der Waals surface area (Å²) in [6.45, 7) is 4.18. The molecule has 0 saturated carbocycles. The molecule has 0 spiro atoms. The van der Waals surface area contributed by atoms with Crippen molar-refractivity contribution in [1.29, 1.82) is 0 Å². The molecule has 2 amide bonds. The van der Waals surface area contributed by atoms with Crippen molar-refractivity contribution in [2.24, 2.45) is 0 Å². The number of carbonyl (C=O) groups is 1. The van der Waals surface area contributed by atoms with E-state index in [-0.39, 0.29) is 28.1 Å². The third-order valence-electron chi connectivity index (χ3n) is 4.08. The molecule has 10 heteroatoms. The number of carbonyl (C=O) groups excluding carboxylic acids is 1. The van der Waals surface area contributed by atoms with Crippen LogP contribution < -0.4 is 9.62 Å². The van der Waals surface area contributed by atoms with Crippen LogP contribution in [0.15, 0.2) is 24.3 Å². The summed E-state index contributed by atoms with van der Waals surface area (Å²) in [7, 11) is -4.66. The van der Waals surface area contributed by atoms with Crippen molar-refractivity contribution in [2.45, 2.75) is 37.9 Å². The number of nitrogens with zero attached hydrogens (tertiary/aromatic N) is 2. The van der Waals surface area contributed by atoms with E-state index in [4.69, 9.17) is 0 Å². The summed E-state index contributed by atoms with van der Waals surface area (Å²) >= 11 is 0. The summed E-state index contributed by atoms with van der Waals surface area (Å²) in [5.41, 5.74) is -5.56. The van der Waals surface area contributed by atoms with E-state index in [1.165, 1.54) is 23.1 Å². The SMILES string of the molecule is CN(c1ccccc1CN1CCC(C)(C)NC1=O)S(=O)(=O)C(F)(F)F. The van der Waals surface area contributed by atoms with Crippen molar-refractivity contribution >= 4 is 21.7 Å². The smallest absolute Gasteiger partial charge is 0.333 e. The number of hydrogen-bond acceptors (Lipinski definition) is 3. The predicted molar refractivity (Wildman–Crippen MR) is 87.5 cm³/mol. The molecule has 0 aromatic heterocycles. The quantitative estimate of drug-likeness (QED) is 0.874. The summed E-state index contributed by atoms with van der Waals surface area (Å²) in [4.78, 5) is 13.6. The molecule has 0 unspecified atom stereocenters. The zero-order chi connectivity index (χ0) is 19.0. The van der Waals surface area contributed by atoms with E-state index in [9.17, 15) is 26.4 Å². The van der Waals surface area contributed by atoms with Crippen molar-refractivity contribution in [1.82, 2.24) is 10.2 Å². The van der Waals surface area contributed by atoms with Gasteiger partial charge in [-0.25, -0.2) is 4.79 Å². The van der Waals surface area contributed by atoms with E-state index in [1.807, 2.05) is 13.8 Å². The molecular weight excluding hydrogens is 359 g/mol. The number of halogens is 3. The number of alkyl halides is 3. The lowest BCUT2D eigenvalue weighted by molar-refractivity contribution is -0.0437. The van der Waals surface area contributed by atoms with Crippen LogP contribution >= 0.6 is 0 Å². The molecular formula is C15H20F3N3O3S. The molecule has 25 heavy (non-hydrogen) atoms. The Morgan fingerprint density at radius 3 is 2.44 bits per heavy atom. The highest BCUT2D eigenvalue weighted by molar-refractivity contribution is 7.93. The highest BCUT2D eigenvalue weighted by Crippen LogP contribution is 2.32. The number of rotatable bonds is 4. The molecule has 1 saturated heterocycles. The number of amides is 2. The van der Waals surface area contributed by atoms with Crippen molar-refractivity contribution in [3.63, 3.8) is 0 Å². The van der Waals surface area contributed by atoms with Crippen LogP contribution in [0.4, 0.5) is 23.7 Å². The molecule has 1 N–H and O–H groups in total. The Labute approximate surface area is 144 Å². The molecule has 1 heterocycles. The minimum atomic E-state index is -5.51. The Balaban J connectivity index is 2.29. The van der Waals surface area contributed by atoms with Crippen LogP contribution in [0.25, 0.3) is 0 Å². The van der Waals surface area contributed by atoms with Crippen molar-refractivity contribution < 1.29 is 26.4 Å². The summed E-state index contributed by atoms with van der Waals surface area (Å²) < 4.78 is 61.9. The number of hydrogen-bond donors (Lipinski definition) is 1. The van der Waals surface area contributed by atoms with E-state index in [0.717, 1.165) is 7.05 Å². The topological polar surface area (TPSA) is 69.7 Å². The molecule has 0 bridgehead atoms. The second-order valence-electron chi connectivity index (χ2n) is 6.53. The number of anilines is 1. The lowest BCUT2D eigenvalue weighted by atomic mass is 9.98. The molecule has 0 aliphatic carbocycles. The minimum absolute atomic E-state index is 0.00973. The van der Waals surface area contributed by atoms with Crippen LogP contribution in [0.1, 0.15) is 25.8 Å². The normalized spacial score (nSPS) is 18.0. The molecule has 2 rings (SSSR count). The van der Waals surface area contributed by atoms with Gasteiger partial charge in [-0.15, -0.1) is 0 Å². The van der Waals surface area contributed by atoms with Crippen LogP contribution in [0.5, 0.6) is 0 Å². The second kappa shape index (κ2) is 6.40. The average molecular weight is 379 g/mol. The van der Waals surface area contributed by atoms with Gasteiger partial charge in [0.15, 0.2) is 0 Å². The van der Waals surface area contributed by atoms with Gasteiger partial charge in [-0.05, 0) is 31.9 Å². The van der Waals surface area contributed by atoms with Gasteiger partial charge in [0.2, 0.25) is 0 Å². The second-order valence-corrected chi connectivity index (χ2v) is 8.49. The standard InChI is InChI=1S/C15H20F3N3O3S/c1-14(2)8-9-21(13(22)19-14)10-11-6-4-5-7-12(11)20(3)25(23,24)15(16,17)18/h4-7H,8-10H2,1-3H3,(H,19,22). The van der Waals surface area contributed by atoms with Gasteiger partial charge in [0.1, 0.15) is 0 Å². The van der Waals surface area contributed by atoms with Gasteiger partial charge in [0.25, 0.3) is 0 Å². The van der Waals surface area contributed by atoms with Gasteiger partial charge in [-0.2, -0.15) is 21.6 Å². The van der Waals surface area contributed by atoms with Crippen molar-refractivity contribution in [3.05, 3.63) is 29.8 Å². The average Bonchev–Trinajstić information content (AvgIpc) is 2.48. The Morgan fingerprint density at radius 2 is 1.88 bits per heavy atom. The first-order valence-electron chi connectivity index (χ1n) is 7.55. The van der Waals surface area contributed by atoms with Gasteiger partial charge in [-0.3, -0.25) is 4.31 Å². The fourth-order valence-electron chi connectivity index (χ4n) is 2.54. The van der Waals surface area contributed by atoms with E-state index < -0.39 is 15.5 Å². The molecule has 1 aliphatic rings. The molecule has 1 aliphatic heterocycles. The lowest BCUT2D eigenvalue weighted by Gasteiger charge is -2.38. The molecule has 0 radical (unpaired) electrons. The molecule has 140 valence electrons. The minimum Gasteiger partial charge on any atom is -0.333 e. The first-order chi connectivity index (χ1) is 11.3. The van der Waals surface area contributed by atoms with Gasteiger partial charge in [0, 0.05) is 25.7 Å². The number of sulfonamides is 1. The summed E-state index contributed by atoms with van der Waals surface area (Å²) in [6, 6.07) is 5.47. The Bertz CT molecular complexity index is 763. The van der Waals surface area contributed by atoms with E-state index in [2.05, 4.69) is 5.32 Å². The van der Waals surface area contributed by atoms with Crippen LogP contribution in [0.3, 0.4) is 0 Å². The maximum atomic E-state index is 12.8.